The number of carbonyl (C=O) groups is 1. The van der Waals surface area contributed by atoms with Gasteiger partial charge in [-0.3, -0.25) is 4.79 Å². The second kappa shape index (κ2) is 10.6. The lowest BCUT2D eigenvalue weighted by Gasteiger charge is -2.26. The highest BCUT2D eigenvalue weighted by Gasteiger charge is 2.26. The predicted octanol–water partition coefficient (Wildman–Crippen LogP) is 2.02. The van der Waals surface area contributed by atoms with E-state index in [1.54, 1.807) is 12.1 Å². The first kappa shape index (κ1) is 23.7. The Kier molecular flexibility index (Phi) is 7.84. The predicted molar refractivity (Wildman–Crippen MR) is 123 cm³/mol. The standard InChI is InChI=1S/C22H28N4O5S/c1-3-25(4-2)19-9-8-18(21(27)15-19)16-23-24-22(28)17-6-5-7-20(14-17)32(29,30)26-10-12-31-13-11-26/h5-9,14-16,27H,3-4,10-13H2,1-2H3,(H,24,28)/b23-16+. The van der Waals surface area contributed by atoms with E-state index in [-0.39, 0.29) is 29.3 Å². The van der Waals surface area contributed by atoms with E-state index in [0.717, 1.165) is 18.8 Å². The number of phenols is 1. The van der Waals surface area contributed by atoms with Gasteiger partial charge in [-0.1, -0.05) is 6.07 Å². The topological polar surface area (TPSA) is 112 Å². The molecule has 2 aromatic carbocycles. The molecule has 1 fully saturated rings. The third-order valence-electron chi connectivity index (χ3n) is 5.22. The number of sulfonamides is 1. The summed E-state index contributed by atoms with van der Waals surface area (Å²) in [6.45, 7) is 6.95. The average molecular weight is 461 g/mol. The molecule has 0 radical (unpaired) electrons. The van der Waals surface area contributed by atoms with Crippen molar-refractivity contribution in [1.29, 1.82) is 0 Å². The summed E-state index contributed by atoms with van der Waals surface area (Å²) in [6.07, 6.45) is 1.34. The SMILES string of the molecule is CCN(CC)c1ccc(/C=N/NC(=O)c2cccc(S(=O)(=O)N3CCOCC3)c2)c(O)c1. The molecule has 172 valence electrons. The molecule has 0 atom stereocenters. The number of morpholine rings is 1. The van der Waals surface area contributed by atoms with Crippen LogP contribution in [0, 0.1) is 0 Å². The normalized spacial score (nSPS) is 15.1. The highest BCUT2D eigenvalue weighted by atomic mass is 32.2. The highest BCUT2D eigenvalue weighted by Crippen LogP contribution is 2.23. The first-order valence-electron chi connectivity index (χ1n) is 10.5. The van der Waals surface area contributed by atoms with Crippen molar-refractivity contribution >= 4 is 27.8 Å². The molecule has 1 aliphatic rings. The van der Waals surface area contributed by atoms with Gasteiger partial charge in [0.1, 0.15) is 5.75 Å². The summed E-state index contributed by atoms with van der Waals surface area (Å²) in [5.41, 5.74) is 3.88. The smallest absolute Gasteiger partial charge is 0.271 e. The van der Waals surface area contributed by atoms with E-state index in [1.165, 1.54) is 34.8 Å². The van der Waals surface area contributed by atoms with Crippen LogP contribution in [0.4, 0.5) is 5.69 Å². The summed E-state index contributed by atoms with van der Waals surface area (Å²) in [4.78, 5) is 14.6. The molecule has 2 aromatic rings. The number of amides is 1. The minimum absolute atomic E-state index is 0.0423. The van der Waals surface area contributed by atoms with Crippen molar-refractivity contribution in [3.63, 3.8) is 0 Å². The van der Waals surface area contributed by atoms with Crippen molar-refractivity contribution in [2.24, 2.45) is 5.10 Å². The number of carbonyl (C=O) groups excluding carboxylic acids is 1. The van der Waals surface area contributed by atoms with Gasteiger partial charge in [-0.05, 0) is 44.2 Å². The summed E-state index contributed by atoms with van der Waals surface area (Å²) in [6, 6.07) is 11.1. The number of hydrazone groups is 1. The van der Waals surface area contributed by atoms with Crippen LogP contribution in [0.25, 0.3) is 0 Å². The second-order valence-electron chi connectivity index (χ2n) is 7.16. The minimum atomic E-state index is -3.70. The first-order chi connectivity index (χ1) is 15.4. The molecule has 0 bridgehead atoms. The monoisotopic (exact) mass is 460 g/mol. The van der Waals surface area contributed by atoms with E-state index in [2.05, 4.69) is 15.4 Å². The van der Waals surface area contributed by atoms with Gasteiger partial charge in [0.15, 0.2) is 0 Å². The Hall–Kier alpha value is -2.95. The number of nitrogens with one attached hydrogen (secondary N) is 1. The Bertz CT molecular complexity index is 1080. The molecule has 0 unspecified atom stereocenters. The molecule has 2 N–H and O–H groups in total. The van der Waals surface area contributed by atoms with E-state index < -0.39 is 15.9 Å². The molecule has 0 spiro atoms. The first-order valence-corrected chi connectivity index (χ1v) is 11.9. The number of aromatic hydroxyl groups is 1. The zero-order chi connectivity index (χ0) is 23.1. The van der Waals surface area contributed by atoms with Crippen LogP contribution in [0.1, 0.15) is 29.8 Å². The Morgan fingerprint density at radius 2 is 1.91 bits per heavy atom. The maximum Gasteiger partial charge on any atom is 0.271 e. The van der Waals surface area contributed by atoms with Gasteiger partial charge in [0, 0.05) is 49.1 Å². The third-order valence-corrected chi connectivity index (χ3v) is 7.11. The van der Waals surface area contributed by atoms with Gasteiger partial charge in [0.2, 0.25) is 10.0 Å². The number of anilines is 1. The van der Waals surface area contributed by atoms with Crippen molar-refractivity contribution < 1.29 is 23.1 Å². The van der Waals surface area contributed by atoms with E-state index in [4.69, 9.17) is 4.74 Å². The summed E-state index contributed by atoms with van der Waals surface area (Å²) in [7, 11) is -3.70. The molecule has 0 saturated carbocycles. The zero-order valence-corrected chi connectivity index (χ0v) is 19.0. The number of hydrogen-bond acceptors (Lipinski definition) is 7. The molecule has 3 rings (SSSR count). The lowest BCUT2D eigenvalue weighted by atomic mass is 10.2. The van der Waals surface area contributed by atoms with Gasteiger partial charge in [-0.2, -0.15) is 9.41 Å². The van der Waals surface area contributed by atoms with Crippen LogP contribution >= 0.6 is 0 Å². The van der Waals surface area contributed by atoms with Gasteiger partial charge in [-0.15, -0.1) is 0 Å². The fourth-order valence-electron chi connectivity index (χ4n) is 3.39. The van der Waals surface area contributed by atoms with E-state index in [0.29, 0.717) is 18.8 Å². The Labute approximate surface area is 188 Å². The fourth-order valence-corrected chi connectivity index (χ4v) is 4.84. The maximum atomic E-state index is 12.8. The van der Waals surface area contributed by atoms with Gasteiger partial charge in [0.05, 0.1) is 24.3 Å². The van der Waals surface area contributed by atoms with Crippen molar-refractivity contribution in [2.75, 3.05) is 44.3 Å². The van der Waals surface area contributed by atoms with E-state index in [9.17, 15) is 18.3 Å². The lowest BCUT2D eigenvalue weighted by Crippen LogP contribution is -2.40. The van der Waals surface area contributed by atoms with Crippen LogP contribution < -0.4 is 10.3 Å². The van der Waals surface area contributed by atoms with Crippen LogP contribution in [0.5, 0.6) is 5.75 Å². The van der Waals surface area contributed by atoms with E-state index in [1.807, 2.05) is 19.9 Å². The Balaban J connectivity index is 1.69. The molecule has 1 saturated heterocycles. The Morgan fingerprint density at radius 3 is 2.56 bits per heavy atom. The van der Waals surface area contributed by atoms with Crippen molar-refractivity contribution in [3.8, 4) is 5.75 Å². The van der Waals surface area contributed by atoms with Crippen LogP contribution in [-0.2, 0) is 14.8 Å². The fraction of sp³-hybridized carbons (Fsp3) is 0.364. The Morgan fingerprint density at radius 1 is 1.19 bits per heavy atom. The molecule has 32 heavy (non-hydrogen) atoms. The number of nitrogens with zero attached hydrogens (tertiary/aromatic N) is 3. The average Bonchev–Trinajstić information content (AvgIpc) is 2.81. The molecule has 10 heteroatoms. The van der Waals surface area contributed by atoms with Crippen LogP contribution in [0.15, 0.2) is 52.5 Å². The number of ether oxygens (including phenoxy) is 1. The van der Waals surface area contributed by atoms with Crippen LogP contribution in [0.2, 0.25) is 0 Å². The van der Waals surface area contributed by atoms with Crippen molar-refractivity contribution in [3.05, 3.63) is 53.6 Å². The molecule has 1 heterocycles. The van der Waals surface area contributed by atoms with Crippen LogP contribution in [0.3, 0.4) is 0 Å². The number of phenolic OH excluding ortho intramolecular Hbond substituents is 1. The number of rotatable bonds is 8. The minimum Gasteiger partial charge on any atom is -0.507 e. The summed E-state index contributed by atoms with van der Waals surface area (Å²) in [5, 5.41) is 14.2. The zero-order valence-electron chi connectivity index (χ0n) is 18.2. The van der Waals surface area contributed by atoms with Gasteiger partial charge in [0.25, 0.3) is 5.91 Å². The second-order valence-corrected chi connectivity index (χ2v) is 9.10. The number of benzene rings is 2. The van der Waals surface area contributed by atoms with Crippen LogP contribution in [-0.4, -0.2) is 69.3 Å². The molecule has 0 aliphatic carbocycles. The molecule has 9 nitrogen and oxygen atoms in total. The molecular weight excluding hydrogens is 432 g/mol. The molecule has 0 aromatic heterocycles. The van der Waals surface area contributed by atoms with Gasteiger partial charge >= 0.3 is 0 Å². The quantitative estimate of drug-likeness (QED) is 0.461. The lowest BCUT2D eigenvalue weighted by molar-refractivity contribution is 0.0730. The molecular formula is C22H28N4O5S. The largest absolute Gasteiger partial charge is 0.507 e. The highest BCUT2D eigenvalue weighted by molar-refractivity contribution is 7.89. The van der Waals surface area contributed by atoms with E-state index >= 15 is 0 Å². The van der Waals surface area contributed by atoms with Crippen molar-refractivity contribution in [1.82, 2.24) is 9.73 Å². The number of hydrogen-bond donors (Lipinski definition) is 2. The van der Waals surface area contributed by atoms with Gasteiger partial charge in [-0.25, -0.2) is 13.8 Å². The summed E-state index contributed by atoms with van der Waals surface area (Å²) < 4.78 is 32.1. The van der Waals surface area contributed by atoms with Crippen molar-refractivity contribution in [2.45, 2.75) is 18.7 Å². The maximum absolute atomic E-state index is 12.8. The molecule has 1 amide bonds. The third kappa shape index (κ3) is 5.45. The van der Waals surface area contributed by atoms with Gasteiger partial charge < -0.3 is 14.7 Å². The summed E-state index contributed by atoms with van der Waals surface area (Å²) >= 11 is 0. The molecule has 1 aliphatic heterocycles. The summed E-state index contributed by atoms with van der Waals surface area (Å²) in [5.74, 6) is -0.509.